The smallest absolute Gasteiger partial charge is 0.191 e. The van der Waals surface area contributed by atoms with Crippen LogP contribution >= 0.6 is 11.8 Å². The molecule has 0 aliphatic heterocycles. The first kappa shape index (κ1) is 23.1. The molecule has 1 heterocycles. The lowest BCUT2D eigenvalue weighted by atomic mass is 9.98. The molecule has 0 fully saturated rings. The maximum absolute atomic E-state index is 5.24. The first-order chi connectivity index (χ1) is 14.0. The summed E-state index contributed by atoms with van der Waals surface area (Å²) in [6.07, 6.45) is 4.25. The zero-order valence-electron chi connectivity index (χ0n) is 18.2. The lowest BCUT2D eigenvalue weighted by Crippen LogP contribution is -2.39. The van der Waals surface area contributed by atoms with Gasteiger partial charge in [0.15, 0.2) is 11.8 Å². The standard InChI is InChI=1S/C21H34N6OS/c1-16(18-7-9-19(28-4)10-8-18)11-13-23-21(22-12-6-14-29-5)24-15-20-26-25-17(2)27(20)3/h7-10,16H,6,11-15H2,1-5H3,(H2,22,23,24). The van der Waals surface area contributed by atoms with Gasteiger partial charge in [0.25, 0.3) is 0 Å². The molecule has 0 radical (unpaired) electrons. The highest BCUT2D eigenvalue weighted by atomic mass is 32.2. The minimum absolute atomic E-state index is 0.451. The molecule has 0 amide bonds. The highest BCUT2D eigenvalue weighted by Crippen LogP contribution is 2.21. The molecule has 1 aromatic heterocycles. The molecule has 2 N–H and O–H groups in total. The van der Waals surface area contributed by atoms with E-state index < -0.39 is 0 Å². The molecular weight excluding hydrogens is 384 g/mol. The Morgan fingerprint density at radius 2 is 1.93 bits per heavy atom. The van der Waals surface area contributed by atoms with Crippen molar-refractivity contribution in [1.82, 2.24) is 25.4 Å². The van der Waals surface area contributed by atoms with Crippen molar-refractivity contribution in [1.29, 1.82) is 0 Å². The number of benzene rings is 1. The maximum atomic E-state index is 5.24. The van der Waals surface area contributed by atoms with Gasteiger partial charge in [-0.3, -0.25) is 0 Å². The molecular formula is C21H34N6OS. The van der Waals surface area contributed by atoms with E-state index in [0.717, 1.165) is 55.0 Å². The monoisotopic (exact) mass is 418 g/mol. The zero-order valence-corrected chi connectivity index (χ0v) is 19.1. The highest BCUT2D eigenvalue weighted by molar-refractivity contribution is 7.98. The Labute approximate surface area is 178 Å². The average molecular weight is 419 g/mol. The van der Waals surface area contributed by atoms with E-state index in [1.54, 1.807) is 7.11 Å². The average Bonchev–Trinajstić information content (AvgIpc) is 3.06. The van der Waals surface area contributed by atoms with Gasteiger partial charge in [0.05, 0.1) is 7.11 Å². The van der Waals surface area contributed by atoms with Gasteiger partial charge in [0.1, 0.15) is 18.1 Å². The van der Waals surface area contributed by atoms with Crippen LogP contribution in [-0.2, 0) is 13.6 Å². The number of hydrogen-bond acceptors (Lipinski definition) is 5. The lowest BCUT2D eigenvalue weighted by molar-refractivity contribution is 0.414. The maximum Gasteiger partial charge on any atom is 0.191 e. The largest absolute Gasteiger partial charge is 0.497 e. The first-order valence-corrected chi connectivity index (χ1v) is 11.4. The predicted molar refractivity (Wildman–Crippen MR) is 122 cm³/mol. The number of aliphatic imine (C=N–C) groups is 1. The molecule has 1 aromatic carbocycles. The van der Waals surface area contributed by atoms with Crippen molar-refractivity contribution in [3.05, 3.63) is 41.5 Å². The molecule has 29 heavy (non-hydrogen) atoms. The van der Waals surface area contributed by atoms with Crippen molar-refractivity contribution >= 4 is 17.7 Å². The van der Waals surface area contributed by atoms with E-state index in [0.29, 0.717) is 12.5 Å². The summed E-state index contributed by atoms with van der Waals surface area (Å²) in [5, 5.41) is 15.2. The molecule has 0 aliphatic rings. The van der Waals surface area contributed by atoms with Gasteiger partial charge in [-0.15, -0.1) is 10.2 Å². The van der Waals surface area contributed by atoms with Crippen LogP contribution in [0.5, 0.6) is 5.75 Å². The van der Waals surface area contributed by atoms with E-state index >= 15 is 0 Å². The lowest BCUT2D eigenvalue weighted by Gasteiger charge is -2.16. The Morgan fingerprint density at radius 3 is 2.55 bits per heavy atom. The van der Waals surface area contributed by atoms with E-state index in [1.807, 2.05) is 42.4 Å². The summed E-state index contributed by atoms with van der Waals surface area (Å²) in [7, 11) is 3.66. The van der Waals surface area contributed by atoms with Crippen LogP contribution in [0.25, 0.3) is 0 Å². The Morgan fingerprint density at radius 1 is 1.21 bits per heavy atom. The summed E-state index contributed by atoms with van der Waals surface area (Å²) in [4.78, 5) is 4.71. The Kier molecular flexibility index (Phi) is 9.83. The van der Waals surface area contributed by atoms with Crippen LogP contribution in [0.4, 0.5) is 0 Å². The number of ether oxygens (including phenoxy) is 1. The normalized spacial score (nSPS) is 12.7. The van der Waals surface area contributed by atoms with Gasteiger partial charge < -0.3 is 19.9 Å². The molecule has 1 atom stereocenters. The number of nitrogens with zero attached hydrogens (tertiary/aromatic N) is 4. The van der Waals surface area contributed by atoms with Gasteiger partial charge in [-0.2, -0.15) is 11.8 Å². The van der Waals surface area contributed by atoms with Gasteiger partial charge >= 0.3 is 0 Å². The fraction of sp³-hybridized carbons (Fsp3) is 0.571. The number of hydrogen-bond donors (Lipinski definition) is 2. The summed E-state index contributed by atoms with van der Waals surface area (Å²) in [6.45, 7) is 6.44. The minimum atomic E-state index is 0.451. The topological polar surface area (TPSA) is 76.4 Å². The van der Waals surface area contributed by atoms with Crippen molar-refractivity contribution in [2.45, 2.75) is 39.2 Å². The van der Waals surface area contributed by atoms with E-state index in [4.69, 9.17) is 9.73 Å². The number of aromatic nitrogens is 3. The van der Waals surface area contributed by atoms with Crippen LogP contribution in [-0.4, -0.2) is 52.9 Å². The quantitative estimate of drug-likeness (QED) is 0.332. The molecule has 0 spiro atoms. The van der Waals surface area contributed by atoms with Crippen LogP contribution < -0.4 is 15.4 Å². The van der Waals surface area contributed by atoms with E-state index in [9.17, 15) is 0 Å². The van der Waals surface area contributed by atoms with Gasteiger partial charge in [-0.25, -0.2) is 4.99 Å². The van der Waals surface area contributed by atoms with Crippen molar-refractivity contribution in [3.63, 3.8) is 0 Å². The Balaban J connectivity index is 1.89. The Hall–Kier alpha value is -2.22. The molecule has 160 valence electrons. The van der Waals surface area contributed by atoms with Crippen molar-refractivity contribution in [2.75, 3.05) is 32.2 Å². The van der Waals surface area contributed by atoms with E-state index in [2.05, 4.69) is 46.1 Å². The number of guanidine groups is 1. The summed E-state index contributed by atoms with van der Waals surface area (Å²) in [6, 6.07) is 8.30. The molecule has 8 heteroatoms. The summed E-state index contributed by atoms with van der Waals surface area (Å²) in [5.41, 5.74) is 1.31. The van der Waals surface area contributed by atoms with Gasteiger partial charge in [0, 0.05) is 20.1 Å². The highest BCUT2D eigenvalue weighted by Gasteiger charge is 2.08. The summed E-state index contributed by atoms with van der Waals surface area (Å²) < 4.78 is 7.21. The van der Waals surface area contributed by atoms with Crippen LogP contribution in [0.3, 0.4) is 0 Å². The predicted octanol–water partition coefficient (Wildman–Crippen LogP) is 3.11. The summed E-state index contributed by atoms with van der Waals surface area (Å²) in [5.74, 6) is 5.06. The second kappa shape index (κ2) is 12.4. The fourth-order valence-corrected chi connectivity index (χ4v) is 3.28. The first-order valence-electron chi connectivity index (χ1n) is 10.0. The van der Waals surface area contributed by atoms with Crippen molar-refractivity contribution in [2.24, 2.45) is 12.0 Å². The summed E-state index contributed by atoms with van der Waals surface area (Å²) >= 11 is 1.86. The number of rotatable bonds is 11. The minimum Gasteiger partial charge on any atom is -0.497 e. The number of nitrogens with one attached hydrogen (secondary N) is 2. The third kappa shape index (κ3) is 7.61. The molecule has 7 nitrogen and oxygen atoms in total. The second-order valence-corrected chi connectivity index (χ2v) is 8.04. The molecule has 2 aromatic rings. The van der Waals surface area contributed by atoms with Crippen molar-refractivity contribution < 1.29 is 4.74 Å². The van der Waals surface area contributed by atoms with Gasteiger partial charge in [-0.05, 0) is 55.4 Å². The fourth-order valence-electron chi connectivity index (χ4n) is 2.84. The molecule has 0 saturated carbocycles. The SMILES string of the molecule is COc1ccc(C(C)CCNC(=NCc2nnc(C)n2C)NCCCSC)cc1. The second-order valence-electron chi connectivity index (χ2n) is 7.05. The molecule has 1 unspecified atom stereocenters. The molecule has 2 rings (SSSR count). The molecule has 0 aliphatic carbocycles. The molecule has 0 saturated heterocycles. The van der Waals surface area contributed by atoms with Crippen LogP contribution in [0.1, 0.15) is 42.9 Å². The number of methoxy groups -OCH3 is 1. The van der Waals surface area contributed by atoms with E-state index in [1.165, 1.54) is 5.56 Å². The number of aryl methyl sites for hydroxylation is 1. The van der Waals surface area contributed by atoms with Crippen LogP contribution in [0.15, 0.2) is 29.3 Å². The van der Waals surface area contributed by atoms with Crippen molar-refractivity contribution in [3.8, 4) is 5.75 Å². The van der Waals surface area contributed by atoms with Gasteiger partial charge in [-0.1, -0.05) is 19.1 Å². The zero-order chi connectivity index (χ0) is 21.1. The van der Waals surface area contributed by atoms with Crippen LogP contribution in [0, 0.1) is 6.92 Å². The third-order valence-electron chi connectivity index (χ3n) is 4.93. The van der Waals surface area contributed by atoms with Crippen LogP contribution in [0.2, 0.25) is 0 Å². The van der Waals surface area contributed by atoms with E-state index in [-0.39, 0.29) is 0 Å². The Bertz CT molecular complexity index is 759. The third-order valence-corrected chi connectivity index (χ3v) is 5.63. The van der Waals surface area contributed by atoms with Gasteiger partial charge in [0.2, 0.25) is 0 Å². The number of thioether (sulfide) groups is 1. The molecule has 0 bridgehead atoms.